The molecule has 174 valence electrons. The molecule has 4 heteroatoms. The number of rotatable bonds is 4. The Balaban J connectivity index is 1.15. The second-order valence-electron chi connectivity index (χ2n) is 9.79. The normalized spacial score (nSPS) is 11.8. The van der Waals surface area contributed by atoms with Crippen LogP contribution in [0.4, 0.5) is 0 Å². The Morgan fingerprint density at radius 3 is 1.36 bits per heavy atom. The lowest BCUT2D eigenvalue weighted by atomic mass is 10.1. The molecule has 0 fully saturated rings. The van der Waals surface area contributed by atoms with Gasteiger partial charge in [-0.25, -0.2) is 0 Å². The minimum absolute atomic E-state index is 0.852. The first-order valence-electron chi connectivity index (χ1n) is 12.5. The Bertz CT molecular complexity index is 1760. The molecule has 7 rings (SSSR count). The van der Waals surface area contributed by atoms with E-state index in [1.54, 1.807) is 0 Å². The van der Waals surface area contributed by atoms with E-state index in [1.165, 1.54) is 66.1 Å². The Morgan fingerprint density at radius 2 is 0.917 bits per heavy atom. The maximum absolute atomic E-state index is 3.61. The van der Waals surface area contributed by atoms with Crippen LogP contribution in [0, 0.1) is 13.8 Å². The van der Waals surface area contributed by atoms with E-state index >= 15 is 0 Å². The monoisotopic (exact) mass is 468 g/mol. The molecular weight excluding hydrogens is 440 g/mol. The standard InChI is InChI=1S/C32H26N4/c1-21-31-27(25-7-3-5-9-29(25)33-31)15-17-35(21)19-23-11-13-24(14-12-23)20-36-18-16-28-26-8-4-6-10-30(26)34-32(28)22(36)2/h3-18H,19-20H2,1-2H3/p+2. The summed E-state index contributed by atoms with van der Waals surface area (Å²) in [6.45, 7) is 6.10. The number of aryl methyl sites for hydroxylation is 2. The molecule has 0 saturated carbocycles. The SMILES string of the molecule is Cc1c2[nH]c3ccccc3c2cc[n+]1Cc1ccc(C[n+]2ccc3c([nH]c4ccccc43)c2C)cc1. The number of hydrogen-bond donors (Lipinski definition) is 2. The highest BCUT2D eigenvalue weighted by Crippen LogP contribution is 2.27. The summed E-state index contributed by atoms with van der Waals surface area (Å²) in [6, 6.07) is 30.5. The summed E-state index contributed by atoms with van der Waals surface area (Å²) in [5, 5.41) is 5.14. The maximum atomic E-state index is 3.61. The van der Waals surface area contributed by atoms with Gasteiger partial charge in [-0.05, 0) is 12.1 Å². The second kappa shape index (κ2) is 8.06. The number of aromatic amines is 2. The molecule has 2 N–H and O–H groups in total. The largest absolute Gasteiger partial charge is 0.349 e. The molecule has 0 aliphatic heterocycles. The van der Waals surface area contributed by atoms with Crippen molar-refractivity contribution in [3.8, 4) is 0 Å². The highest BCUT2D eigenvalue weighted by molar-refractivity contribution is 6.08. The minimum atomic E-state index is 0.852. The van der Waals surface area contributed by atoms with E-state index in [2.05, 4.69) is 130 Å². The van der Waals surface area contributed by atoms with Crippen LogP contribution >= 0.6 is 0 Å². The average molecular weight is 469 g/mol. The predicted molar refractivity (Wildman–Crippen MR) is 146 cm³/mol. The molecular formula is C32H28N4+2. The zero-order chi connectivity index (χ0) is 24.2. The van der Waals surface area contributed by atoms with Gasteiger partial charge in [-0.3, -0.25) is 0 Å². The average Bonchev–Trinajstić information content (AvgIpc) is 3.48. The van der Waals surface area contributed by atoms with Crippen molar-refractivity contribution >= 4 is 43.6 Å². The number of nitrogens with one attached hydrogen (secondary N) is 2. The molecule has 4 heterocycles. The molecule has 0 radical (unpaired) electrons. The summed E-state index contributed by atoms with van der Waals surface area (Å²) in [6.07, 6.45) is 4.42. The molecule has 7 aromatic rings. The van der Waals surface area contributed by atoms with Crippen molar-refractivity contribution in [2.75, 3.05) is 0 Å². The summed E-state index contributed by atoms with van der Waals surface area (Å²) >= 11 is 0. The van der Waals surface area contributed by atoms with Gasteiger partial charge >= 0.3 is 0 Å². The molecule has 0 amide bonds. The van der Waals surface area contributed by atoms with E-state index in [-0.39, 0.29) is 0 Å². The van der Waals surface area contributed by atoms with E-state index in [1.807, 2.05) is 0 Å². The fourth-order valence-corrected chi connectivity index (χ4v) is 5.57. The molecule has 0 bridgehead atoms. The molecule has 4 nitrogen and oxygen atoms in total. The van der Waals surface area contributed by atoms with Crippen molar-refractivity contribution in [3.05, 3.63) is 120 Å². The van der Waals surface area contributed by atoms with E-state index in [0.717, 1.165) is 13.1 Å². The Kier molecular flexibility index (Phi) is 4.68. The van der Waals surface area contributed by atoms with Crippen LogP contribution in [0.2, 0.25) is 0 Å². The summed E-state index contributed by atoms with van der Waals surface area (Å²) in [7, 11) is 0. The third-order valence-electron chi connectivity index (χ3n) is 7.65. The summed E-state index contributed by atoms with van der Waals surface area (Å²) in [4.78, 5) is 7.22. The van der Waals surface area contributed by atoms with Gasteiger partial charge in [0, 0.05) is 69.7 Å². The van der Waals surface area contributed by atoms with E-state index < -0.39 is 0 Å². The molecule has 3 aromatic carbocycles. The highest BCUT2D eigenvalue weighted by Gasteiger charge is 2.17. The van der Waals surface area contributed by atoms with E-state index in [0.29, 0.717) is 0 Å². The zero-order valence-electron chi connectivity index (χ0n) is 20.5. The maximum Gasteiger partial charge on any atom is 0.202 e. The van der Waals surface area contributed by atoms with E-state index in [4.69, 9.17) is 0 Å². The topological polar surface area (TPSA) is 39.3 Å². The van der Waals surface area contributed by atoms with Gasteiger partial charge in [0.2, 0.25) is 11.4 Å². The Labute approximate surface area is 209 Å². The van der Waals surface area contributed by atoms with Gasteiger partial charge in [0.15, 0.2) is 25.5 Å². The Hall–Kier alpha value is -4.44. The molecule has 0 unspecified atom stereocenters. The van der Waals surface area contributed by atoms with Crippen molar-refractivity contribution in [2.45, 2.75) is 26.9 Å². The first kappa shape index (κ1) is 20.9. The smallest absolute Gasteiger partial charge is 0.202 e. The summed E-state index contributed by atoms with van der Waals surface area (Å²) < 4.78 is 4.66. The molecule has 36 heavy (non-hydrogen) atoms. The van der Waals surface area contributed by atoms with Crippen LogP contribution in [0.5, 0.6) is 0 Å². The van der Waals surface area contributed by atoms with Crippen LogP contribution in [0.25, 0.3) is 43.6 Å². The van der Waals surface area contributed by atoms with Crippen LogP contribution in [-0.4, -0.2) is 9.97 Å². The molecule has 0 saturated heterocycles. The minimum Gasteiger partial charge on any atom is -0.349 e. The number of hydrogen-bond acceptors (Lipinski definition) is 0. The number of nitrogens with zero attached hydrogens (tertiary/aromatic N) is 2. The first-order valence-corrected chi connectivity index (χ1v) is 12.5. The molecule has 0 atom stereocenters. The van der Waals surface area contributed by atoms with Crippen molar-refractivity contribution < 1.29 is 9.13 Å². The van der Waals surface area contributed by atoms with Crippen molar-refractivity contribution in [1.29, 1.82) is 0 Å². The van der Waals surface area contributed by atoms with Gasteiger partial charge in [0.05, 0.1) is 0 Å². The third-order valence-corrected chi connectivity index (χ3v) is 7.65. The lowest BCUT2D eigenvalue weighted by Crippen LogP contribution is -2.38. The summed E-state index contributed by atoms with van der Waals surface area (Å²) in [5.74, 6) is 0. The third kappa shape index (κ3) is 3.29. The number of para-hydroxylation sites is 2. The number of H-pyrrole nitrogens is 2. The number of aromatic nitrogens is 4. The zero-order valence-corrected chi connectivity index (χ0v) is 20.5. The Morgan fingerprint density at radius 1 is 0.500 bits per heavy atom. The van der Waals surface area contributed by atoms with Crippen LogP contribution < -0.4 is 9.13 Å². The highest BCUT2D eigenvalue weighted by atomic mass is 15.0. The predicted octanol–water partition coefficient (Wildman–Crippen LogP) is 6.24. The van der Waals surface area contributed by atoms with Gasteiger partial charge in [-0.2, -0.15) is 9.13 Å². The molecule has 0 aliphatic carbocycles. The lowest BCUT2D eigenvalue weighted by molar-refractivity contribution is -0.693. The lowest BCUT2D eigenvalue weighted by Gasteiger charge is -2.05. The van der Waals surface area contributed by atoms with Gasteiger partial charge in [-0.15, -0.1) is 0 Å². The number of benzene rings is 3. The fraction of sp³-hybridized carbons (Fsp3) is 0.125. The van der Waals surface area contributed by atoms with Crippen LogP contribution in [0.3, 0.4) is 0 Å². The van der Waals surface area contributed by atoms with Crippen LogP contribution in [-0.2, 0) is 13.1 Å². The van der Waals surface area contributed by atoms with Gasteiger partial charge in [0.25, 0.3) is 0 Å². The quantitative estimate of drug-likeness (QED) is 0.287. The van der Waals surface area contributed by atoms with Crippen LogP contribution in [0.15, 0.2) is 97.3 Å². The van der Waals surface area contributed by atoms with Crippen molar-refractivity contribution in [2.24, 2.45) is 0 Å². The number of pyridine rings is 2. The van der Waals surface area contributed by atoms with Gasteiger partial charge in [-0.1, -0.05) is 60.7 Å². The first-order chi connectivity index (χ1) is 17.7. The molecule has 0 aliphatic rings. The second-order valence-corrected chi connectivity index (χ2v) is 9.79. The van der Waals surface area contributed by atoms with Gasteiger partial charge < -0.3 is 9.97 Å². The van der Waals surface area contributed by atoms with Crippen molar-refractivity contribution in [3.63, 3.8) is 0 Å². The number of fused-ring (bicyclic) bond motifs is 6. The molecule has 0 spiro atoms. The fourth-order valence-electron chi connectivity index (χ4n) is 5.57. The van der Waals surface area contributed by atoms with Gasteiger partial charge in [0.1, 0.15) is 11.0 Å². The van der Waals surface area contributed by atoms with E-state index in [9.17, 15) is 0 Å². The van der Waals surface area contributed by atoms with Crippen molar-refractivity contribution in [1.82, 2.24) is 9.97 Å². The van der Waals surface area contributed by atoms with Crippen LogP contribution in [0.1, 0.15) is 22.5 Å². The summed E-state index contributed by atoms with van der Waals surface area (Å²) in [5.41, 5.74) is 9.93. The molecule has 4 aromatic heterocycles.